The highest BCUT2D eigenvalue weighted by atomic mass is 16.3. The summed E-state index contributed by atoms with van der Waals surface area (Å²) in [5.41, 5.74) is 0. The molecule has 0 saturated heterocycles. The Bertz CT molecular complexity index is 93.8. The minimum Gasteiger partial charge on any atom is -0.397 e. The van der Waals surface area contributed by atoms with Gasteiger partial charge in [0.05, 0.1) is 0 Å². The van der Waals surface area contributed by atoms with Crippen molar-refractivity contribution in [2.24, 2.45) is 0 Å². The first-order valence-electron chi connectivity index (χ1n) is 10.1. The number of hydrogen-bond donors (Lipinski definition) is 3. The first-order valence-corrected chi connectivity index (χ1v) is 10.1. The molecule has 0 aliphatic heterocycles. The van der Waals surface area contributed by atoms with Gasteiger partial charge < -0.3 is 15.3 Å². The molecule has 0 bridgehead atoms. The molecule has 0 radical (unpaired) electrons. The summed E-state index contributed by atoms with van der Waals surface area (Å²) in [7, 11) is 0. The zero-order chi connectivity index (χ0) is 18.0. The first-order chi connectivity index (χ1) is 11.2. The lowest BCUT2D eigenvalue weighted by Crippen LogP contribution is -1.85. The Morgan fingerprint density at radius 3 is 0.435 bits per heavy atom. The number of aliphatic hydroxyl groups excluding tert-OH is 3. The summed E-state index contributed by atoms with van der Waals surface area (Å²) in [6, 6.07) is 0. The van der Waals surface area contributed by atoms with Gasteiger partial charge in [-0.1, -0.05) is 89.9 Å². The van der Waals surface area contributed by atoms with E-state index in [0.717, 1.165) is 0 Å². The van der Waals surface area contributed by atoms with Crippen LogP contribution in [0.1, 0.15) is 111 Å². The zero-order valence-corrected chi connectivity index (χ0v) is 16.4. The van der Waals surface area contributed by atoms with Crippen LogP contribution in [0.15, 0.2) is 0 Å². The monoisotopic (exact) mass is 334 g/mol. The summed E-state index contributed by atoms with van der Waals surface area (Å²) in [5, 5.41) is 22.7. The topological polar surface area (TPSA) is 60.7 Å². The summed E-state index contributed by atoms with van der Waals surface area (Å²) in [6.07, 6.45) is 21.0. The second-order valence-electron chi connectivity index (χ2n) is 5.90. The van der Waals surface area contributed by atoms with Crippen molar-refractivity contribution in [3.63, 3.8) is 0 Å². The van der Waals surface area contributed by atoms with E-state index in [-0.39, 0.29) is 19.8 Å². The van der Waals surface area contributed by atoms with Crippen molar-refractivity contribution < 1.29 is 15.3 Å². The third kappa shape index (κ3) is 44.9. The molecule has 1 aliphatic rings. The van der Waals surface area contributed by atoms with E-state index in [2.05, 4.69) is 0 Å². The van der Waals surface area contributed by atoms with Gasteiger partial charge in [0.1, 0.15) is 0 Å². The van der Waals surface area contributed by atoms with Crippen LogP contribution in [0.25, 0.3) is 0 Å². The second kappa shape index (κ2) is 33.5. The standard InChI is InChI=1S/C14H28.3C2H6O/c1-2-4-6-8-10-12-14-13-11-9-7-5-3-1;3*1-2-3/h1-14H2;3*3H,2H2,1H3. The normalized spacial score (nSPS) is 17.0. The lowest BCUT2D eigenvalue weighted by Gasteiger charge is -2.05. The van der Waals surface area contributed by atoms with Crippen LogP contribution in [0.3, 0.4) is 0 Å². The lowest BCUT2D eigenvalue weighted by atomic mass is 10.0. The Morgan fingerprint density at radius 2 is 0.391 bits per heavy atom. The highest BCUT2D eigenvalue weighted by molar-refractivity contribution is 4.51. The number of aliphatic hydroxyl groups is 3. The molecule has 0 spiro atoms. The highest BCUT2D eigenvalue weighted by Gasteiger charge is 1.96. The Hall–Kier alpha value is -0.120. The van der Waals surface area contributed by atoms with Crippen molar-refractivity contribution in [3.8, 4) is 0 Å². The molecule has 0 unspecified atom stereocenters. The minimum absolute atomic E-state index is 0.250. The van der Waals surface area contributed by atoms with E-state index in [0.29, 0.717) is 0 Å². The molecule has 23 heavy (non-hydrogen) atoms. The fraction of sp³-hybridized carbons (Fsp3) is 1.00. The Morgan fingerprint density at radius 1 is 0.348 bits per heavy atom. The van der Waals surface area contributed by atoms with Crippen molar-refractivity contribution >= 4 is 0 Å². The van der Waals surface area contributed by atoms with Gasteiger partial charge in [-0.2, -0.15) is 0 Å². The molecule has 0 atom stereocenters. The highest BCUT2D eigenvalue weighted by Crippen LogP contribution is 2.16. The fourth-order valence-corrected chi connectivity index (χ4v) is 2.47. The van der Waals surface area contributed by atoms with Gasteiger partial charge >= 0.3 is 0 Å². The third-order valence-electron chi connectivity index (χ3n) is 3.50. The second-order valence-corrected chi connectivity index (χ2v) is 5.90. The average molecular weight is 335 g/mol. The molecule has 0 aromatic carbocycles. The molecule has 3 nitrogen and oxygen atoms in total. The maximum atomic E-state index is 7.57. The zero-order valence-electron chi connectivity index (χ0n) is 16.4. The maximum Gasteiger partial charge on any atom is 0.0402 e. The van der Waals surface area contributed by atoms with Crippen LogP contribution in [-0.4, -0.2) is 35.1 Å². The molecule has 1 rings (SSSR count). The van der Waals surface area contributed by atoms with Gasteiger partial charge in [0.25, 0.3) is 0 Å². The molecular formula is C20H46O3. The van der Waals surface area contributed by atoms with E-state index < -0.39 is 0 Å². The van der Waals surface area contributed by atoms with E-state index in [1.807, 2.05) is 0 Å². The number of rotatable bonds is 0. The molecular weight excluding hydrogens is 288 g/mol. The largest absolute Gasteiger partial charge is 0.397 e. The van der Waals surface area contributed by atoms with Crippen LogP contribution in [0.4, 0.5) is 0 Å². The van der Waals surface area contributed by atoms with Crippen LogP contribution < -0.4 is 0 Å². The fourth-order valence-electron chi connectivity index (χ4n) is 2.47. The molecule has 0 aromatic heterocycles. The molecule has 0 amide bonds. The molecule has 144 valence electrons. The van der Waals surface area contributed by atoms with Gasteiger partial charge in [-0.05, 0) is 20.8 Å². The van der Waals surface area contributed by atoms with Gasteiger partial charge in [-0.15, -0.1) is 0 Å². The summed E-state index contributed by atoms with van der Waals surface area (Å²) >= 11 is 0. The van der Waals surface area contributed by atoms with E-state index >= 15 is 0 Å². The lowest BCUT2D eigenvalue weighted by molar-refractivity contribution is 0.318. The Balaban J connectivity index is -0.000000371. The van der Waals surface area contributed by atoms with E-state index in [1.54, 1.807) is 20.8 Å². The average Bonchev–Trinajstić information content (AvgIpc) is 2.52. The van der Waals surface area contributed by atoms with Gasteiger partial charge in [0.15, 0.2) is 0 Å². The van der Waals surface area contributed by atoms with Crippen molar-refractivity contribution in [1.82, 2.24) is 0 Å². The molecule has 3 heteroatoms. The molecule has 3 N–H and O–H groups in total. The van der Waals surface area contributed by atoms with Crippen molar-refractivity contribution in [2.45, 2.75) is 111 Å². The first kappa shape index (κ1) is 27.7. The molecule has 0 heterocycles. The predicted molar refractivity (Wildman–Crippen MR) is 103 cm³/mol. The van der Waals surface area contributed by atoms with Crippen molar-refractivity contribution in [2.75, 3.05) is 19.8 Å². The van der Waals surface area contributed by atoms with Crippen LogP contribution in [0.2, 0.25) is 0 Å². The predicted octanol–water partition coefficient (Wildman–Crippen LogP) is 5.46. The third-order valence-corrected chi connectivity index (χ3v) is 3.50. The van der Waals surface area contributed by atoms with Crippen LogP contribution in [0.5, 0.6) is 0 Å². The van der Waals surface area contributed by atoms with Crippen LogP contribution in [0, 0.1) is 0 Å². The molecule has 0 aromatic rings. The van der Waals surface area contributed by atoms with Gasteiger partial charge in [-0.25, -0.2) is 0 Å². The van der Waals surface area contributed by atoms with E-state index in [9.17, 15) is 0 Å². The summed E-state index contributed by atoms with van der Waals surface area (Å²) in [5.74, 6) is 0. The quantitative estimate of drug-likeness (QED) is 0.551. The van der Waals surface area contributed by atoms with E-state index in [4.69, 9.17) is 15.3 Å². The SMILES string of the molecule is C1CCCCCCCCCCCCC1.CCO.CCO.CCO. The maximum absolute atomic E-state index is 7.57. The van der Waals surface area contributed by atoms with Crippen molar-refractivity contribution in [3.05, 3.63) is 0 Å². The summed E-state index contributed by atoms with van der Waals surface area (Å²) < 4.78 is 0. The molecule has 1 fully saturated rings. The molecule has 1 aliphatic carbocycles. The van der Waals surface area contributed by atoms with Crippen LogP contribution in [-0.2, 0) is 0 Å². The van der Waals surface area contributed by atoms with Gasteiger partial charge in [0, 0.05) is 19.8 Å². The summed E-state index contributed by atoms with van der Waals surface area (Å²) in [6.45, 7) is 5.79. The Kier molecular flexibility index (Phi) is 40.3. The van der Waals surface area contributed by atoms with Gasteiger partial charge in [0.2, 0.25) is 0 Å². The van der Waals surface area contributed by atoms with Crippen molar-refractivity contribution in [1.29, 1.82) is 0 Å². The minimum atomic E-state index is 0.250. The van der Waals surface area contributed by atoms with Crippen LogP contribution >= 0.6 is 0 Å². The Labute approximate surface area is 146 Å². The molecule has 1 saturated carbocycles. The van der Waals surface area contributed by atoms with E-state index in [1.165, 1.54) is 89.9 Å². The van der Waals surface area contributed by atoms with Gasteiger partial charge in [-0.3, -0.25) is 0 Å². The summed E-state index contributed by atoms with van der Waals surface area (Å²) in [4.78, 5) is 0. The smallest absolute Gasteiger partial charge is 0.0402 e. The number of hydrogen-bond acceptors (Lipinski definition) is 3.